The molecule has 0 aliphatic carbocycles. The minimum atomic E-state index is 0.145. The summed E-state index contributed by atoms with van der Waals surface area (Å²) >= 11 is 0. The largest absolute Gasteiger partial charge is 0.508 e. The lowest BCUT2D eigenvalue weighted by Gasteiger charge is -2.07. The molecule has 0 aliphatic heterocycles. The Labute approximate surface area is 100 Å². The first kappa shape index (κ1) is 11.3. The van der Waals surface area contributed by atoms with E-state index < -0.39 is 0 Å². The van der Waals surface area contributed by atoms with E-state index in [-0.39, 0.29) is 11.5 Å². The van der Waals surface area contributed by atoms with Gasteiger partial charge in [-0.2, -0.15) is 0 Å². The van der Waals surface area contributed by atoms with Gasteiger partial charge < -0.3 is 10.2 Å². The van der Waals surface area contributed by atoms with Crippen LogP contribution in [0.2, 0.25) is 0 Å². The third-order valence-corrected chi connectivity index (χ3v) is 2.60. The lowest BCUT2D eigenvalue weighted by molar-refractivity contribution is 0.462. The lowest BCUT2D eigenvalue weighted by Crippen LogP contribution is -1.84. The Morgan fingerprint density at radius 3 is 2.65 bits per heavy atom. The van der Waals surface area contributed by atoms with Crippen molar-refractivity contribution in [1.29, 1.82) is 0 Å². The number of phenols is 2. The maximum Gasteiger partial charge on any atom is 0.123 e. The number of benzene rings is 2. The smallest absolute Gasteiger partial charge is 0.123 e. The first-order chi connectivity index (χ1) is 8.20. The zero-order valence-electron chi connectivity index (χ0n) is 9.43. The number of hydrogen-bond acceptors (Lipinski definition) is 2. The summed E-state index contributed by atoms with van der Waals surface area (Å²) in [6.45, 7) is 3.70. The van der Waals surface area contributed by atoms with Gasteiger partial charge in [-0.1, -0.05) is 30.3 Å². The molecule has 2 aromatic rings. The highest BCUT2D eigenvalue weighted by atomic mass is 16.3. The third kappa shape index (κ3) is 2.48. The van der Waals surface area contributed by atoms with Crippen LogP contribution in [0.3, 0.4) is 0 Å². The lowest BCUT2D eigenvalue weighted by atomic mass is 10.0. The molecule has 0 aliphatic rings. The van der Waals surface area contributed by atoms with Crippen molar-refractivity contribution in [3.8, 4) is 22.6 Å². The standard InChI is InChI=1S/C15H14O2/c1-2-4-11-5-3-6-12(9-11)14-10-13(16)7-8-15(14)17/h2-3,5-10,16-17H,1,4H2. The number of phenolic OH excluding ortho intramolecular Hbond substituents is 2. The van der Waals surface area contributed by atoms with Crippen LogP contribution >= 0.6 is 0 Å². The van der Waals surface area contributed by atoms with Gasteiger partial charge in [-0.15, -0.1) is 6.58 Å². The monoisotopic (exact) mass is 226 g/mol. The van der Waals surface area contributed by atoms with Crippen LogP contribution in [-0.2, 0) is 6.42 Å². The van der Waals surface area contributed by atoms with E-state index in [2.05, 4.69) is 6.58 Å². The van der Waals surface area contributed by atoms with Gasteiger partial charge in [-0.3, -0.25) is 0 Å². The van der Waals surface area contributed by atoms with Gasteiger partial charge in [0.15, 0.2) is 0 Å². The highest BCUT2D eigenvalue weighted by Crippen LogP contribution is 2.32. The number of aromatic hydroxyl groups is 2. The topological polar surface area (TPSA) is 40.5 Å². The van der Waals surface area contributed by atoms with Gasteiger partial charge in [0.25, 0.3) is 0 Å². The van der Waals surface area contributed by atoms with Gasteiger partial charge in [-0.25, -0.2) is 0 Å². The quantitative estimate of drug-likeness (QED) is 0.621. The molecular weight excluding hydrogens is 212 g/mol. The highest BCUT2D eigenvalue weighted by molar-refractivity contribution is 5.72. The predicted octanol–water partition coefficient (Wildman–Crippen LogP) is 3.49. The second-order valence-electron chi connectivity index (χ2n) is 3.89. The highest BCUT2D eigenvalue weighted by Gasteiger charge is 2.05. The number of rotatable bonds is 3. The van der Waals surface area contributed by atoms with E-state index in [0.29, 0.717) is 5.56 Å². The zero-order valence-corrected chi connectivity index (χ0v) is 9.43. The maximum atomic E-state index is 9.78. The number of hydrogen-bond donors (Lipinski definition) is 2. The van der Waals surface area contributed by atoms with Crippen LogP contribution in [0.15, 0.2) is 55.1 Å². The fourth-order valence-corrected chi connectivity index (χ4v) is 1.79. The van der Waals surface area contributed by atoms with Gasteiger partial charge in [0.2, 0.25) is 0 Å². The molecule has 0 radical (unpaired) electrons. The second kappa shape index (κ2) is 4.74. The molecule has 17 heavy (non-hydrogen) atoms. The minimum Gasteiger partial charge on any atom is -0.508 e. The Balaban J connectivity index is 2.48. The molecule has 2 heteroatoms. The maximum absolute atomic E-state index is 9.78. The molecular formula is C15H14O2. The molecule has 2 aromatic carbocycles. The van der Waals surface area contributed by atoms with E-state index in [1.165, 1.54) is 12.1 Å². The van der Waals surface area contributed by atoms with E-state index in [0.717, 1.165) is 17.5 Å². The minimum absolute atomic E-state index is 0.145. The SMILES string of the molecule is C=CCc1cccc(-c2cc(O)ccc2O)c1. The van der Waals surface area contributed by atoms with Gasteiger partial charge in [0, 0.05) is 5.56 Å². The average molecular weight is 226 g/mol. The van der Waals surface area contributed by atoms with Crippen LogP contribution in [0.25, 0.3) is 11.1 Å². The van der Waals surface area contributed by atoms with Crippen molar-refractivity contribution < 1.29 is 10.2 Å². The van der Waals surface area contributed by atoms with Crippen molar-refractivity contribution in [1.82, 2.24) is 0 Å². The molecule has 0 fully saturated rings. The van der Waals surface area contributed by atoms with Crippen molar-refractivity contribution in [2.24, 2.45) is 0 Å². The van der Waals surface area contributed by atoms with E-state index in [9.17, 15) is 10.2 Å². The Hall–Kier alpha value is -2.22. The molecule has 0 bridgehead atoms. The van der Waals surface area contributed by atoms with Crippen LogP contribution in [0.5, 0.6) is 11.5 Å². The van der Waals surface area contributed by atoms with Crippen LogP contribution in [0, 0.1) is 0 Å². The number of allylic oxidation sites excluding steroid dienone is 1. The van der Waals surface area contributed by atoms with Crippen LogP contribution < -0.4 is 0 Å². The molecule has 0 saturated carbocycles. The van der Waals surface area contributed by atoms with Gasteiger partial charge in [-0.05, 0) is 35.7 Å². The molecule has 0 unspecified atom stereocenters. The van der Waals surface area contributed by atoms with E-state index in [4.69, 9.17) is 0 Å². The fraction of sp³-hybridized carbons (Fsp3) is 0.0667. The molecule has 86 valence electrons. The summed E-state index contributed by atoms with van der Waals surface area (Å²) in [4.78, 5) is 0. The van der Waals surface area contributed by atoms with Crippen molar-refractivity contribution in [2.75, 3.05) is 0 Å². The van der Waals surface area contributed by atoms with E-state index in [1.54, 1.807) is 6.07 Å². The Morgan fingerprint density at radius 1 is 1.06 bits per heavy atom. The first-order valence-electron chi connectivity index (χ1n) is 5.43. The van der Waals surface area contributed by atoms with Gasteiger partial charge in [0.1, 0.15) is 11.5 Å². The molecule has 2 nitrogen and oxygen atoms in total. The molecule has 2 N–H and O–H groups in total. The summed E-state index contributed by atoms with van der Waals surface area (Å²) < 4.78 is 0. The van der Waals surface area contributed by atoms with E-state index in [1.807, 2.05) is 30.3 Å². The molecule has 0 atom stereocenters. The summed E-state index contributed by atoms with van der Waals surface area (Å²) in [5.74, 6) is 0.311. The fourth-order valence-electron chi connectivity index (χ4n) is 1.79. The first-order valence-corrected chi connectivity index (χ1v) is 5.43. The van der Waals surface area contributed by atoms with Gasteiger partial charge in [0.05, 0.1) is 0 Å². The van der Waals surface area contributed by atoms with Crippen molar-refractivity contribution >= 4 is 0 Å². The predicted molar refractivity (Wildman–Crippen MR) is 69.1 cm³/mol. The second-order valence-corrected chi connectivity index (χ2v) is 3.89. The summed E-state index contributed by atoms with van der Waals surface area (Å²) in [5, 5.41) is 19.2. The van der Waals surface area contributed by atoms with Crippen LogP contribution in [0.1, 0.15) is 5.56 Å². The van der Waals surface area contributed by atoms with Crippen molar-refractivity contribution in [3.05, 3.63) is 60.7 Å². The molecule has 2 rings (SSSR count). The molecule has 0 aromatic heterocycles. The zero-order chi connectivity index (χ0) is 12.3. The summed E-state index contributed by atoms with van der Waals surface area (Å²) in [6.07, 6.45) is 2.62. The molecule has 0 amide bonds. The molecule has 0 saturated heterocycles. The summed E-state index contributed by atoms with van der Waals surface area (Å²) in [6, 6.07) is 12.3. The van der Waals surface area contributed by atoms with Gasteiger partial charge >= 0.3 is 0 Å². The average Bonchev–Trinajstić information content (AvgIpc) is 2.33. The van der Waals surface area contributed by atoms with Crippen LogP contribution in [-0.4, -0.2) is 10.2 Å². The Kier molecular flexibility index (Phi) is 3.15. The summed E-state index contributed by atoms with van der Waals surface area (Å²) in [5.41, 5.74) is 2.65. The van der Waals surface area contributed by atoms with E-state index >= 15 is 0 Å². The van der Waals surface area contributed by atoms with Crippen molar-refractivity contribution in [3.63, 3.8) is 0 Å². The van der Waals surface area contributed by atoms with Crippen LogP contribution in [0.4, 0.5) is 0 Å². The van der Waals surface area contributed by atoms with Crippen molar-refractivity contribution in [2.45, 2.75) is 6.42 Å². The Morgan fingerprint density at radius 2 is 1.88 bits per heavy atom. The normalized spacial score (nSPS) is 10.1. The Bertz CT molecular complexity index is 544. The molecule has 0 spiro atoms. The third-order valence-electron chi connectivity index (χ3n) is 2.60. The summed E-state index contributed by atoms with van der Waals surface area (Å²) in [7, 11) is 0. The molecule has 0 heterocycles.